The molecule has 1 atom stereocenters. The van der Waals surface area contributed by atoms with Gasteiger partial charge in [0.25, 0.3) is 5.91 Å². The lowest BCUT2D eigenvalue weighted by atomic mass is 10.0. The maximum atomic E-state index is 12.0. The molecule has 0 fully saturated rings. The van der Waals surface area contributed by atoms with Crippen LogP contribution in [0.5, 0.6) is 0 Å². The summed E-state index contributed by atoms with van der Waals surface area (Å²) in [5, 5.41) is 11.5. The van der Waals surface area contributed by atoms with E-state index >= 15 is 0 Å². The van der Waals surface area contributed by atoms with Gasteiger partial charge in [0, 0.05) is 21.0 Å². The van der Waals surface area contributed by atoms with Crippen molar-refractivity contribution in [1.82, 2.24) is 5.32 Å². The molecule has 20 heavy (non-hydrogen) atoms. The highest BCUT2D eigenvalue weighted by Crippen LogP contribution is 2.18. The van der Waals surface area contributed by atoms with Gasteiger partial charge in [0.2, 0.25) is 0 Å². The average Bonchev–Trinajstić information content (AvgIpc) is 2.39. The van der Waals surface area contributed by atoms with Crippen LogP contribution in [0, 0.1) is 9.49 Å². The fraction of sp³-hybridized carbons (Fsp3) is 0.429. The Morgan fingerprint density at radius 1 is 1.40 bits per heavy atom. The summed E-state index contributed by atoms with van der Waals surface area (Å²) >= 11 is 5.48. The van der Waals surface area contributed by atoms with Crippen LogP contribution in [0.15, 0.2) is 22.7 Å². The molecule has 0 bridgehead atoms. The van der Waals surface area contributed by atoms with Crippen molar-refractivity contribution in [2.45, 2.75) is 26.2 Å². The topological polar surface area (TPSA) is 66.4 Å². The molecular formula is C14H17BrINO3. The van der Waals surface area contributed by atoms with Gasteiger partial charge in [0.15, 0.2) is 0 Å². The second kappa shape index (κ2) is 8.61. The number of carboxylic acid groups (broad SMARTS) is 1. The van der Waals surface area contributed by atoms with Crippen molar-refractivity contribution in [2.75, 3.05) is 6.54 Å². The first-order valence-corrected chi connectivity index (χ1v) is 8.22. The Hall–Kier alpha value is -0.630. The summed E-state index contributed by atoms with van der Waals surface area (Å²) in [5.41, 5.74) is 0.651. The summed E-state index contributed by atoms with van der Waals surface area (Å²) in [6.45, 7) is 2.56. The lowest BCUT2D eigenvalue weighted by Crippen LogP contribution is -2.26. The molecule has 1 unspecified atom stereocenters. The molecule has 110 valence electrons. The van der Waals surface area contributed by atoms with Gasteiger partial charge >= 0.3 is 5.97 Å². The third-order valence-electron chi connectivity index (χ3n) is 2.95. The van der Waals surface area contributed by atoms with Crippen molar-refractivity contribution in [1.29, 1.82) is 0 Å². The molecule has 0 saturated heterocycles. The Morgan fingerprint density at radius 2 is 2.10 bits per heavy atom. The first-order valence-electron chi connectivity index (χ1n) is 6.35. The van der Waals surface area contributed by atoms with Gasteiger partial charge in [-0.1, -0.05) is 22.9 Å². The molecule has 6 heteroatoms. The van der Waals surface area contributed by atoms with Gasteiger partial charge in [0.1, 0.15) is 0 Å². The molecule has 0 aromatic heterocycles. The van der Waals surface area contributed by atoms with Crippen molar-refractivity contribution in [2.24, 2.45) is 5.92 Å². The van der Waals surface area contributed by atoms with Crippen LogP contribution < -0.4 is 5.32 Å². The Kier molecular flexibility index (Phi) is 7.50. The second-order valence-electron chi connectivity index (χ2n) is 4.71. The minimum absolute atomic E-state index is 0.0962. The second-order valence-corrected chi connectivity index (χ2v) is 6.78. The van der Waals surface area contributed by atoms with E-state index in [-0.39, 0.29) is 18.2 Å². The fourth-order valence-electron chi connectivity index (χ4n) is 1.71. The Labute approximate surface area is 140 Å². The first-order chi connectivity index (χ1) is 9.40. The third-order valence-corrected chi connectivity index (χ3v) is 4.38. The van der Waals surface area contributed by atoms with Crippen LogP contribution in [-0.4, -0.2) is 23.5 Å². The highest BCUT2D eigenvalue weighted by molar-refractivity contribution is 14.1. The van der Waals surface area contributed by atoms with E-state index in [4.69, 9.17) is 5.11 Å². The molecule has 1 aromatic carbocycles. The van der Waals surface area contributed by atoms with E-state index in [1.165, 1.54) is 0 Å². The van der Waals surface area contributed by atoms with Crippen LogP contribution in [-0.2, 0) is 4.79 Å². The zero-order valence-corrected chi connectivity index (χ0v) is 14.9. The van der Waals surface area contributed by atoms with E-state index in [1.54, 1.807) is 6.07 Å². The van der Waals surface area contributed by atoms with Gasteiger partial charge in [0.05, 0.1) is 5.56 Å². The van der Waals surface area contributed by atoms with Gasteiger partial charge in [-0.25, -0.2) is 0 Å². The van der Waals surface area contributed by atoms with E-state index < -0.39 is 5.97 Å². The molecule has 0 aliphatic heterocycles. The normalized spacial score (nSPS) is 11.9. The number of hydrogen-bond donors (Lipinski definition) is 2. The van der Waals surface area contributed by atoms with Gasteiger partial charge in [-0.15, -0.1) is 0 Å². The van der Waals surface area contributed by atoms with E-state index in [2.05, 4.69) is 43.8 Å². The van der Waals surface area contributed by atoms with Crippen molar-refractivity contribution in [3.63, 3.8) is 0 Å². The Morgan fingerprint density at radius 3 is 2.75 bits per heavy atom. The number of halogens is 2. The standard InChI is InChI=1S/C14H17BrINO3/c1-9(2-5-13(18)19)6-7-17-14(20)11-8-10(15)3-4-12(11)16/h3-4,8-9H,2,5-7H2,1H3,(H,17,20)(H,18,19). The zero-order valence-electron chi connectivity index (χ0n) is 11.2. The predicted molar refractivity (Wildman–Crippen MR) is 89.8 cm³/mol. The number of carbonyl (C=O) groups excluding carboxylic acids is 1. The van der Waals surface area contributed by atoms with Crippen LogP contribution >= 0.6 is 38.5 Å². The molecular weight excluding hydrogens is 437 g/mol. The summed E-state index contributed by atoms with van der Waals surface area (Å²) in [7, 11) is 0. The highest BCUT2D eigenvalue weighted by atomic mass is 127. The van der Waals surface area contributed by atoms with Crippen LogP contribution in [0.1, 0.15) is 36.5 Å². The van der Waals surface area contributed by atoms with E-state index in [0.29, 0.717) is 18.5 Å². The third kappa shape index (κ3) is 6.21. The number of benzene rings is 1. The summed E-state index contributed by atoms with van der Waals surface area (Å²) in [4.78, 5) is 22.5. The van der Waals surface area contributed by atoms with Crippen LogP contribution in [0.25, 0.3) is 0 Å². The van der Waals surface area contributed by atoms with Gasteiger partial charge in [-0.3, -0.25) is 9.59 Å². The summed E-state index contributed by atoms with van der Waals surface area (Å²) < 4.78 is 1.78. The van der Waals surface area contributed by atoms with Gasteiger partial charge < -0.3 is 10.4 Å². The first kappa shape index (κ1) is 17.4. The SMILES string of the molecule is CC(CCNC(=O)c1cc(Br)ccc1I)CCC(=O)O. The molecule has 0 spiro atoms. The van der Waals surface area contributed by atoms with Gasteiger partial charge in [-0.05, 0) is 59.5 Å². The van der Waals surface area contributed by atoms with Crippen LogP contribution in [0.4, 0.5) is 0 Å². The number of nitrogens with one attached hydrogen (secondary N) is 1. The van der Waals surface area contributed by atoms with E-state index in [9.17, 15) is 9.59 Å². The zero-order chi connectivity index (χ0) is 15.1. The van der Waals surface area contributed by atoms with Crippen molar-refractivity contribution in [3.8, 4) is 0 Å². The maximum Gasteiger partial charge on any atom is 0.303 e. The summed E-state index contributed by atoms with van der Waals surface area (Å²) in [5.74, 6) is -0.585. The summed E-state index contributed by atoms with van der Waals surface area (Å²) in [6, 6.07) is 5.58. The fourth-order valence-corrected chi connectivity index (χ4v) is 2.65. The monoisotopic (exact) mass is 453 g/mol. The molecule has 0 radical (unpaired) electrons. The van der Waals surface area contributed by atoms with E-state index in [1.807, 2.05) is 19.1 Å². The number of aliphatic carboxylic acids is 1. The molecule has 4 nitrogen and oxygen atoms in total. The molecule has 0 heterocycles. The number of hydrogen-bond acceptors (Lipinski definition) is 2. The largest absolute Gasteiger partial charge is 0.481 e. The molecule has 1 rings (SSSR count). The maximum absolute atomic E-state index is 12.0. The minimum Gasteiger partial charge on any atom is -0.481 e. The lowest BCUT2D eigenvalue weighted by molar-refractivity contribution is -0.137. The molecule has 0 aliphatic carbocycles. The number of carbonyl (C=O) groups is 2. The number of rotatable bonds is 7. The minimum atomic E-state index is -0.774. The van der Waals surface area contributed by atoms with Crippen molar-refractivity contribution >= 4 is 50.4 Å². The average molecular weight is 454 g/mol. The van der Waals surface area contributed by atoms with E-state index in [0.717, 1.165) is 14.5 Å². The summed E-state index contributed by atoms with van der Waals surface area (Å²) in [6.07, 6.45) is 1.60. The molecule has 2 N–H and O–H groups in total. The van der Waals surface area contributed by atoms with Crippen LogP contribution in [0.2, 0.25) is 0 Å². The lowest BCUT2D eigenvalue weighted by Gasteiger charge is -2.11. The smallest absolute Gasteiger partial charge is 0.303 e. The number of amides is 1. The van der Waals surface area contributed by atoms with Gasteiger partial charge in [-0.2, -0.15) is 0 Å². The highest BCUT2D eigenvalue weighted by Gasteiger charge is 2.11. The van der Waals surface area contributed by atoms with Crippen LogP contribution in [0.3, 0.4) is 0 Å². The molecule has 0 aliphatic rings. The Balaban J connectivity index is 2.40. The number of carboxylic acids is 1. The Bertz CT molecular complexity index is 493. The molecule has 1 amide bonds. The molecule has 1 aromatic rings. The quantitative estimate of drug-likeness (QED) is 0.619. The molecule has 0 saturated carbocycles. The predicted octanol–water partition coefficient (Wildman–Crippen LogP) is 3.67. The van der Waals surface area contributed by atoms with Crippen molar-refractivity contribution in [3.05, 3.63) is 31.8 Å². The van der Waals surface area contributed by atoms with Crippen molar-refractivity contribution < 1.29 is 14.7 Å².